The Labute approximate surface area is 183 Å². The number of rotatable bonds is 8. The molecule has 1 saturated carbocycles. The van der Waals surface area contributed by atoms with Crippen molar-refractivity contribution in [3.05, 3.63) is 65.4 Å². The second kappa shape index (κ2) is 9.86. The second-order valence-corrected chi connectivity index (χ2v) is 8.38. The molecule has 2 aromatic heterocycles. The largest absolute Gasteiger partial charge is 0.478 e. The van der Waals surface area contributed by atoms with Crippen LogP contribution in [0, 0.1) is 0 Å². The molecule has 0 aliphatic heterocycles. The number of carbonyl (C=O) groups is 1. The van der Waals surface area contributed by atoms with Gasteiger partial charge in [-0.1, -0.05) is 56.9 Å². The molecule has 1 N–H and O–H groups in total. The van der Waals surface area contributed by atoms with Gasteiger partial charge in [0.2, 0.25) is 0 Å². The average molecular weight is 419 g/mol. The molecule has 6 nitrogen and oxygen atoms in total. The summed E-state index contributed by atoms with van der Waals surface area (Å²) in [4.78, 5) is 20.7. The minimum Gasteiger partial charge on any atom is -0.478 e. The van der Waals surface area contributed by atoms with Crippen molar-refractivity contribution in [3.63, 3.8) is 0 Å². The first-order chi connectivity index (χ1) is 15.2. The van der Waals surface area contributed by atoms with Gasteiger partial charge in [-0.3, -0.25) is 4.98 Å². The Morgan fingerprint density at radius 2 is 1.90 bits per heavy atom. The van der Waals surface area contributed by atoms with Crippen molar-refractivity contribution in [1.29, 1.82) is 0 Å². The molecule has 6 heteroatoms. The molecular formula is C25H30N4O2. The predicted octanol–water partition coefficient (Wildman–Crippen LogP) is 5.48. The fourth-order valence-corrected chi connectivity index (χ4v) is 4.32. The number of carboxylic acids is 1. The van der Waals surface area contributed by atoms with Crippen LogP contribution in [0.1, 0.15) is 85.4 Å². The molecule has 0 radical (unpaired) electrons. The highest BCUT2D eigenvalue weighted by molar-refractivity contribution is 5.94. The molecule has 31 heavy (non-hydrogen) atoms. The first-order valence-corrected chi connectivity index (χ1v) is 11.4. The molecule has 3 aromatic rings. The molecule has 0 saturated heterocycles. The van der Waals surface area contributed by atoms with Gasteiger partial charge >= 0.3 is 5.97 Å². The van der Waals surface area contributed by atoms with Crippen molar-refractivity contribution in [3.8, 4) is 11.3 Å². The van der Waals surface area contributed by atoms with Crippen molar-refractivity contribution >= 4 is 5.97 Å². The van der Waals surface area contributed by atoms with Crippen molar-refractivity contribution in [2.75, 3.05) is 0 Å². The van der Waals surface area contributed by atoms with Gasteiger partial charge in [0.15, 0.2) is 5.82 Å². The van der Waals surface area contributed by atoms with Gasteiger partial charge in [0.1, 0.15) is 5.82 Å². The number of nitrogens with zero attached hydrogens (tertiary/aromatic N) is 4. The van der Waals surface area contributed by atoms with Crippen LogP contribution < -0.4 is 0 Å². The highest BCUT2D eigenvalue weighted by Crippen LogP contribution is 2.31. The molecule has 0 atom stereocenters. The standard InChI is InChI=1S/C25H30N4O2/c1-2-3-16-29-22(27-24(28-29)20-8-5-4-6-9-20)17-18-11-13-19(14-12-18)23-21(25(30)31)10-7-15-26-23/h7,10-15,20H,2-6,8-9,16-17H2,1H3,(H,30,31). The van der Waals surface area contributed by atoms with Crippen LogP contribution in [0.4, 0.5) is 0 Å². The lowest BCUT2D eigenvalue weighted by atomic mass is 9.89. The fraction of sp³-hybridized carbons (Fsp3) is 0.440. The van der Waals surface area contributed by atoms with Crippen molar-refractivity contribution in [1.82, 2.24) is 19.7 Å². The summed E-state index contributed by atoms with van der Waals surface area (Å²) in [6.45, 7) is 3.10. The lowest BCUT2D eigenvalue weighted by molar-refractivity contribution is 0.0697. The zero-order valence-corrected chi connectivity index (χ0v) is 18.1. The van der Waals surface area contributed by atoms with Crippen LogP contribution in [0.5, 0.6) is 0 Å². The first-order valence-electron chi connectivity index (χ1n) is 11.4. The van der Waals surface area contributed by atoms with E-state index in [1.165, 1.54) is 32.1 Å². The summed E-state index contributed by atoms with van der Waals surface area (Å²) in [5, 5.41) is 14.3. The van der Waals surface area contributed by atoms with Crippen LogP contribution in [-0.2, 0) is 13.0 Å². The highest BCUT2D eigenvalue weighted by Gasteiger charge is 2.21. The predicted molar refractivity (Wildman–Crippen MR) is 120 cm³/mol. The summed E-state index contributed by atoms with van der Waals surface area (Å²) in [7, 11) is 0. The van der Waals surface area contributed by atoms with E-state index in [0.717, 1.165) is 48.6 Å². The molecule has 1 aliphatic carbocycles. The van der Waals surface area contributed by atoms with Crippen molar-refractivity contribution < 1.29 is 9.90 Å². The third-order valence-corrected chi connectivity index (χ3v) is 6.09. The zero-order valence-electron chi connectivity index (χ0n) is 18.1. The second-order valence-electron chi connectivity index (χ2n) is 8.38. The number of carboxylic acid groups (broad SMARTS) is 1. The average Bonchev–Trinajstić information content (AvgIpc) is 3.21. The smallest absolute Gasteiger partial charge is 0.337 e. The van der Waals surface area contributed by atoms with E-state index in [4.69, 9.17) is 10.1 Å². The topological polar surface area (TPSA) is 80.9 Å². The lowest BCUT2D eigenvalue weighted by Gasteiger charge is -2.18. The summed E-state index contributed by atoms with van der Waals surface area (Å²) < 4.78 is 2.10. The minimum atomic E-state index is -0.966. The van der Waals surface area contributed by atoms with E-state index in [-0.39, 0.29) is 5.56 Å². The Morgan fingerprint density at radius 3 is 2.61 bits per heavy atom. The Kier molecular flexibility index (Phi) is 6.75. The molecule has 162 valence electrons. The summed E-state index contributed by atoms with van der Waals surface area (Å²) in [6.07, 6.45) is 10.8. The lowest BCUT2D eigenvalue weighted by Crippen LogP contribution is -2.08. The van der Waals surface area contributed by atoms with E-state index >= 15 is 0 Å². The number of aromatic carboxylic acids is 1. The summed E-state index contributed by atoms with van der Waals surface area (Å²) in [5.41, 5.74) is 2.65. The van der Waals surface area contributed by atoms with Crippen LogP contribution in [0.25, 0.3) is 11.3 Å². The summed E-state index contributed by atoms with van der Waals surface area (Å²) in [5.74, 6) is 1.57. The maximum absolute atomic E-state index is 11.5. The Morgan fingerprint density at radius 1 is 1.13 bits per heavy atom. The van der Waals surface area contributed by atoms with E-state index in [1.54, 1.807) is 18.3 Å². The number of hydrogen-bond acceptors (Lipinski definition) is 4. The maximum Gasteiger partial charge on any atom is 0.337 e. The third-order valence-electron chi connectivity index (χ3n) is 6.09. The monoisotopic (exact) mass is 418 g/mol. The maximum atomic E-state index is 11.5. The van der Waals surface area contributed by atoms with Gasteiger partial charge in [-0.05, 0) is 37.0 Å². The molecule has 0 bridgehead atoms. The first kappa shape index (κ1) is 21.2. The van der Waals surface area contributed by atoms with E-state index in [1.807, 2.05) is 24.3 Å². The number of aryl methyl sites for hydroxylation is 1. The number of hydrogen-bond donors (Lipinski definition) is 1. The van der Waals surface area contributed by atoms with Crippen molar-refractivity contribution in [2.45, 2.75) is 70.8 Å². The molecule has 1 fully saturated rings. The van der Waals surface area contributed by atoms with Crippen molar-refractivity contribution in [2.24, 2.45) is 0 Å². The summed E-state index contributed by atoms with van der Waals surface area (Å²) >= 11 is 0. The number of unbranched alkanes of at least 4 members (excludes halogenated alkanes) is 1. The van der Waals surface area contributed by atoms with E-state index in [0.29, 0.717) is 11.6 Å². The van der Waals surface area contributed by atoms with Gasteiger partial charge in [-0.2, -0.15) is 5.10 Å². The Bertz CT molecular complexity index is 1020. The minimum absolute atomic E-state index is 0.215. The molecule has 2 heterocycles. The normalized spacial score (nSPS) is 14.6. The SMILES string of the molecule is CCCCn1nc(C2CCCCC2)nc1Cc1ccc(-c2ncccc2C(=O)O)cc1. The van der Waals surface area contributed by atoms with E-state index < -0.39 is 5.97 Å². The van der Waals surface area contributed by atoms with Crippen LogP contribution in [0.15, 0.2) is 42.6 Å². The Balaban J connectivity index is 1.56. The fourth-order valence-electron chi connectivity index (χ4n) is 4.32. The third kappa shape index (κ3) is 5.01. The van der Waals surface area contributed by atoms with E-state index in [2.05, 4.69) is 16.6 Å². The van der Waals surface area contributed by atoms with Crippen LogP contribution in [0.3, 0.4) is 0 Å². The molecular weight excluding hydrogens is 388 g/mol. The van der Waals surface area contributed by atoms with Gasteiger partial charge < -0.3 is 5.11 Å². The molecule has 0 spiro atoms. The van der Waals surface area contributed by atoms with Crippen LogP contribution in [0.2, 0.25) is 0 Å². The van der Waals surface area contributed by atoms with Crippen LogP contribution in [-0.4, -0.2) is 30.8 Å². The van der Waals surface area contributed by atoms with Gasteiger partial charge in [0, 0.05) is 30.6 Å². The number of pyridine rings is 1. The van der Waals surface area contributed by atoms with Gasteiger partial charge in [-0.15, -0.1) is 0 Å². The Hall–Kier alpha value is -3.02. The number of benzene rings is 1. The number of aromatic nitrogens is 4. The van der Waals surface area contributed by atoms with Gasteiger partial charge in [0.25, 0.3) is 0 Å². The van der Waals surface area contributed by atoms with Gasteiger partial charge in [-0.25, -0.2) is 14.5 Å². The molecule has 1 aliphatic rings. The molecule has 0 amide bonds. The quantitative estimate of drug-likeness (QED) is 0.524. The zero-order chi connectivity index (χ0) is 21.6. The molecule has 4 rings (SSSR count). The van der Waals surface area contributed by atoms with E-state index in [9.17, 15) is 9.90 Å². The molecule has 0 unspecified atom stereocenters. The van der Waals surface area contributed by atoms with Crippen LogP contribution >= 0.6 is 0 Å². The highest BCUT2D eigenvalue weighted by atomic mass is 16.4. The summed E-state index contributed by atoms with van der Waals surface area (Å²) in [6, 6.07) is 11.2. The van der Waals surface area contributed by atoms with Gasteiger partial charge in [0.05, 0.1) is 11.3 Å². The molecule has 1 aromatic carbocycles.